The SMILES string of the molecule is CCC(=O)c1c(-c2ccc(F)cc2)oc2ccc(-c3cccc(C(=O)N4CCC[C@H]4C(=O)N(C)C)c3)cc12. The predicted molar refractivity (Wildman–Crippen MR) is 144 cm³/mol. The molecule has 1 aliphatic rings. The van der Waals surface area contributed by atoms with E-state index in [1.54, 1.807) is 44.1 Å². The van der Waals surface area contributed by atoms with Crippen LogP contribution in [0.3, 0.4) is 0 Å². The minimum Gasteiger partial charge on any atom is -0.455 e. The minimum atomic E-state index is -0.448. The molecule has 1 aromatic heterocycles. The lowest BCUT2D eigenvalue weighted by atomic mass is 9.97. The number of carbonyl (C=O) groups excluding carboxylic acids is 3. The lowest BCUT2D eigenvalue weighted by molar-refractivity contribution is -0.132. The van der Waals surface area contributed by atoms with Gasteiger partial charge in [-0.25, -0.2) is 4.39 Å². The number of fused-ring (bicyclic) bond motifs is 1. The number of furan rings is 1. The smallest absolute Gasteiger partial charge is 0.254 e. The summed E-state index contributed by atoms with van der Waals surface area (Å²) in [5.41, 5.74) is 3.79. The number of likely N-dealkylation sites (tertiary alicyclic amines) is 1. The normalized spacial score (nSPS) is 15.2. The lowest BCUT2D eigenvalue weighted by Gasteiger charge is -2.26. The maximum atomic E-state index is 13.5. The first-order valence-electron chi connectivity index (χ1n) is 12.8. The number of hydrogen-bond donors (Lipinski definition) is 0. The van der Waals surface area contributed by atoms with Gasteiger partial charge in [0, 0.05) is 43.6 Å². The van der Waals surface area contributed by atoms with E-state index >= 15 is 0 Å². The number of ketones is 1. The third-order valence-electron chi connectivity index (χ3n) is 7.08. The molecule has 1 atom stereocenters. The van der Waals surface area contributed by atoms with Gasteiger partial charge in [-0.3, -0.25) is 14.4 Å². The Kier molecular flexibility index (Phi) is 6.85. The Morgan fingerprint density at radius 1 is 0.974 bits per heavy atom. The Hall–Kier alpha value is -4.26. The third kappa shape index (κ3) is 4.60. The molecule has 38 heavy (non-hydrogen) atoms. The molecule has 1 saturated heterocycles. The number of carbonyl (C=O) groups is 3. The monoisotopic (exact) mass is 512 g/mol. The maximum absolute atomic E-state index is 13.5. The van der Waals surface area contributed by atoms with Gasteiger partial charge < -0.3 is 14.2 Å². The van der Waals surface area contributed by atoms with Gasteiger partial charge in [-0.1, -0.05) is 25.1 Å². The lowest BCUT2D eigenvalue weighted by Crippen LogP contribution is -2.45. The van der Waals surface area contributed by atoms with E-state index < -0.39 is 6.04 Å². The molecule has 3 aromatic carbocycles. The van der Waals surface area contributed by atoms with Gasteiger partial charge in [-0.2, -0.15) is 0 Å². The number of rotatable bonds is 6. The average molecular weight is 513 g/mol. The number of amides is 2. The maximum Gasteiger partial charge on any atom is 0.254 e. The molecule has 2 heterocycles. The largest absolute Gasteiger partial charge is 0.455 e. The molecule has 1 fully saturated rings. The van der Waals surface area contributed by atoms with Crippen LogP contribution in [0, 0.1) is 5.82 Å². The zero-order chi connectivity index (χ0) is 27.0. The molecule has 0 spiro atoms. The van der Waals surface area contributed by atoms with Crippen LogP contribution in [0.15, 0.2) is 71.1 Å². The van der Waals surface area contributed by atoms with E-state index in [2.05, 4.69) is 0 Å². The molecule has 5 rings (SSSR count). The Balaban J connectivity index is 1.53. The summed E-state index contributed by atoms with van der Waals surface area (Å²) in [4.78, 5) is 42.2. The van der Waals surface area contributed by atoms with E-state index in [-0.39, 0.29) is 23.4 Å². The van der Waals surface area contributed by atoms with Gasteiger partial charge in [0.25, 0.3) is 5.91 Å². The van der Waals surface area contributed by atoms with Gasteiger partial charge in [0.1, 0.15) is 23.2 Å². The predicted octanol–water partition coefficient (Wildman–Crippen LogP) is 6.19. The first-order valence-corrected chi connectivity index (χ1v) is 12.8. The Morgan fingerprint density at radius 2 is 1.68 bits per heavy atom. The van der Waals surface area contributed by atoms with Crippen molar-refractivity contribution in [1.29, 1.82) is 0 Å². The fraction of sp³-hybridized carbons (Fsp3) is 0.258. The molecule has 0 unspecified atom stereocenters. The number of Topliss-reactive ketones (excluding diaryl/α,β-unsaturated/α-hetero) is 1. The highest BCUT2D eigenvalue weighted by Gasteiger charge is 2.35. The van der Waals surface area contributed by atoms with E-state index in [0.717, 1.165) is 17.5 Å². The average Bonchev–Trinajstić information content (AvgIpc) is 3.57. The van der Waals surface area contributed by atoms with Crippen molar-refractivity contribution in [2.24, 2.45) is 0 Å². The second-order valence-corrected chi connectivity index (χ2v) is 9.77. The van der Waals surface area contributed by atoms with Crippen molar-refractivity contribution in [2.75, 3.05) is 20.6 Å². The number of benzene rings is 3. The van der Waals surface area contributed by atoms with Crippen LogP contribution in [-0.4, -0.2) is 54.1 Å². The second kappa shape index (κ2) is 10.2. The van der Waals surface area contributed by atoms with Crippen LogP contribution < -0.4 is 0 Å². The van der Waals surface area contributed by atoms with Crippen molar-refractivity contribution in [2.45, 2.75) is 32.2 Å². The Labute approximate surface area is 220 Å². The molecule has 4 aromatic rings. The summed E-state index contributed by atoms with van der Waals surface area (Å²) < 4.78 is 19.6. The van der Waals surface area contributed by atoms with Crippen LogP contribution in [0.2, 0.25) is 0 Å². The molecule has 0 radical (unpaired) electrons. The quantitative estimate of drug-likeness (QED) is 0.289. The summed E-state index contributed by atoms with van der Waals surface area (Å²) in [5, 5.41) is 0.668. The van der Waals surface area contributed by atoms with Gasteiger partial charge >= 0.3 is 0 Å². The fourth-order valence-electron chi connectivity index (χ4n) is 5.10. The third-order valence-corrected chi connectivity index (χ3v) is 7.08. The molecule has 0 N–H and O–H groups in total. The fourth-order valence-corrected chi connectivity index (χ4v) is 5.10. The van der Waals surface area contributed by atoms with Gasteiger partial charge in [-0.15, -0.1) is 0 Å². The first kappa shape index (κ1) is 25.4. The Bertz CT molecular complexity index is 1540. The topological polar surface area (TPSA) is 70.8 Å². The van der Waals surface area contributed by atoms with Crippen LogP contribution in [0.1, 0.15) is 46.9 Å². The van der Waals surface area contributed by atoms with Gasteiger partial charge in [0.05, 0.1) is 5.56 Å². The van der Waals surface area contributed by atoms with Crippen molar-refractivity contribution < 1.29 is 23.2 Å². The summed E-state index contributed by atoms with van der Waals surface area (Å²) in [6.07, 6.45) is 1.74. The summed E-state index contributed by atoms with van der Waals surface area (Å²) in [7, 11) is 3.41. The molecule has 0 aliphatic carbocycles. The van der Waals surface area contributed by atoms with Gasteiger partial charge in [-0.05, 0) is 72.5 Å². The van der Waals surface area contributed by atoms with E-state index in [4.69, 9.17) is 4.42 Å². The number of hydrogen-bond acceptors (Lipinski definition) is 4. The Morgan fingerprint density at radius 3 is 2.39 bits per heavy atom. The number of likely N-dealkylation sites (N-methyl/N-ethyl adjacent to an activating group) is 1. The number of halogens is 1. The van der Waals surface area contributed by atoms with Crippen LogP contribution in [0.4, 0.5) is 4.39 Å². The zero-order valence-corrected chi connectivity index (χ0v) is 21.7. The molecule has 0 bridgehead atoms. The first-order chi connectivity index (χ1) is 18.3. The summed E-state index contributed by atoms with van der Waals surface area (Å²) >= 11 is 0. The van der Waals surface area contributed by atoms with Crippen LogP contribution in [0.25, 0.3) is 33.4 Å². The van der Waals surface area contributed by atoms with E-state index in [1.165, 1.54) is 17.0 Å². The van der Waals surface area contributed by atoms with E-state index in [9.17, 15) is 18.8 Å². The van der Waals surface area contributed by atoms with Crippen LogP contribution in [-0.2, 0) is 4.79 Å². The van der Waals surface area contributed by atoms with Crippen molar-refractivity contribution in [3.05, 3.63) is 83.7 Å². The van der Waals surface area contributed by atoms with E-state index in [0.29, 0.717) is 52.8 Å². The van der Waals surface area contributed by atoms with Crippen LogP contribution in [0.5, 0.6) is 0 Å². The zero-order valence-electron chi connectivity index (χ0n) is 21.7. The highest BCUT2D eigenvalue weighted by molar-refractivity contribution is 6.12. The standard InChI is InChI=1S/C31H29FN2O4/c1-4-26(35)28-24-18-21(12-15-27(24)38-29(28)19-10-13-23(32)14-11-19)20-7-5-8-22(17-20)30(36)34-16-6-9-25(34)31(37)33(2)3/h5,7-8,10-15,17-18,25H,4,6,9,16H2,1-3H3/t25-/m0/s1. The van der Waals surface area contributed by atoms with Gasteiger partial charge in [0.2, 0.25) is 5.91 Å². The molecule has 1 aliphatic heterocycles. The highest BCUT2D eigenvalue weighted by atomic mass is 19.1. The summed E-state index contributed by atoms with van der Waals surface area (Å²) in [5.74, 6) is -0.262. The molecule has 7 heteroatoms. The van der Waals surface area contributed by atoms with Crippen LogP contribution >= 0.6 is 0 Å². The van der Waals surface area contributed by atoms with Crippen molar-refractivity contribution in [3.63, 3.8) is 0 Å². The number of nitrogens with zero attached hydrogens (tertiary/aromatic N) is 2. The van der Waals surface area contributed by atoms with Gasteiger partial charge in [0.15, 0.2) is 5.78 Å². The molecule has 194 valence electrons. The van der Waals surface area contributed by atoms with Crippen molar-refractivity contribution >= 4 is 28.6 Å². The second-order valence-electron chi connectivity index (χ2n) is 9.77. The minimum absolute atomic E-state index is 0.0671. The molecular weight excluding hydrogens is 483 g/mol. The molecular formula is C31H29FN2O4. The molecule has 6 nitrogen and oxygen atoms in total. The molecule has 0 saturated carbocycles. The van der Waals surface area contributed by atoms with Crippen molar-refractivity contribution in [3.8, 4) is 22.5 Å². The summed E-state index contributed by atoms with van der Waals surface area (Å²) in [6.45, 7) is 2.34. The highest BCUT2D eigenvalue weighted by Crippen LogP contribution is 2.37. The summed E-state index contributed by atoms with van der Waals surface area (Å²) in [6, 6.07) is 18.3. The molecule has 2 amide bonds. The van der Waals surface area contributed by atoms with E-state index in [1.807, 2.05) is 36.4 Å². The van der Waals surface area contributed by atoms with Crippen molar-refractivity contribution in [1.82, 2.24) is 9.80 Å².